The Morgan fingerprint density at radius 2 is 1.35 bits per heavy atom. The minimum Gasteiger partial charge on any atom is -0.485 e. The molecule has 1 saturated heterocycles. The van der Waals surface area contributed by atoms with Crippen molar-refractivity contribution < 1.29 is 13.5 Å². The van der Waals surface area contributed by atoms with Crippen LogP contribution in [0.15, 0.2) is 12.1 Å². The lowest BCUT2D eigenvalue weighted by Gasteiger charge is -2.37. The molecule has 1 aliphatic carbocycles. The number of hydrogen-bond donors (Lipinski definition) is 0. The van der Waals surface area contributed by atoms with Crippen molar-refractivity contribution in [2.24, 2.45) is 5.92 Å². The molecule has 0 bridgehead atoms. The van der Waals surface area contributed by atoms with Gasteiger partial charge in [-0.3, -0.25) is 0 Å². The van der Waals surface area contributed by atoms with Gasteiger partial charge in [0.25, 0.3) is 0 Å². The van der Waals surface area contributed by atoms with Gasteiger partial charge in [-0.05, 0) is 67.7 Å². The zero-order chi connectivity index (χ0) is 26.5. The predicted molar refractivity (Wildman–Crippen MR) is 158 cm³/mol. The summed E-state index contributed by atoms with van der Waals surface area (Å²) in [7, 11) is -0.725. The molecule has 1 aliphatic heterocycles. The van der Waals surface area contributed by atoms with Crippen LogP contribution in [0.5, 0.6) is 5.75 Å². The lowest BCUT2D eigenvalue weighted by Crippen LogP contribution is -2.29. The first-order valence-corrected chi connectivity index (χ1v) is 18.5. The second-order valence-corrected chi connectivity index (χ2v) is 16.2. The van der Waals surface area contributed by atoms with Crippen LogP contribution in [0.1, 0.15) is 148 Å². The maximum Gasteiger partial charge on any atom is 0.191 e. The maximum absolute atomic E-state index is 14.9. The monoisotopic (exact) mass is 534 g/mol. The van der Waals surface area contributed by atoms with Crippen molar-refractivity contribution in [2.45, 2.75) is 166 Å². The van der Waals surface area contributed by atoms with Crippen molar-refractivity contribution in [1.82, 2.24) is 0 Å². The molecular weight excluding hydrogens is 478 g/mol. The van der Waals surface area contributed by atoms with Crippen LogP contribution in [0.2, 0.25) is 17.6 Å². The highest BCUT2D eigenvalue weighted by atomic mass is 28.3. The van der Waals surface area contributed by atoms with Crippen LogP contribution in [0.4, 0.5) is 8.78 Å². The third-order valence-corrected chi connectivity index (χ3v) is 13.7. The number of unbranched alkanes of at least 4 members (excludes halogenated alkanes) is 8. The van der Waals surface area contributed by atoms with Gasteiger partial charge in [0.15, 0.2) is 17.4 Å². The number of ether oxygens (including phenoxy) is 1. The summed E-state index contributed by atoms with van der Waals surface area (Å²) in [6, 6.07) is 5.86. The first-order chi connectivity index (χ1) is 18.0. The van der Waals surface area contributed by atoms with E-state index < -0.39 is 20.4 Å². The van der Waals surface area contributed by atoms with Crippen LogP contribution in [0.3, 0.4) is 0 Å². The summed E-state index contributed by atoms with van der Waals surface area (Å²) < 4.78 is 35.6. The first-order valence-electron chi connectivity index (χ1n) is 16.2. The van der Waals surface area contributed by atoms with Crippen molar-refractivity contribution in [3.8, 4) is 5.75 Å². The molecule has 0 unspecified atom stereocenters. The molecular formula is C33H56F2OSi. The number of halogens is 2. The molecule has 0 amide bonds. The molecule has 4 heteroatoms. The smallest absolute Gasteiger partial charge is 0.191 e. The lowest BCUT2D eigenvalue weighted by molar-refractivity contribution is 0.188. The van der Waals surface area contributed by atoms with Gasteiger partial charge in [0.05, 0.1) is 6.10 Å². The van der Waals surface area contributed by atoms with E-state index in [0.29, 0.717) is 5.92 Å². The van der Waals surface area contributed by atoms with Gasteiger partial charge in [-0.2, -0.15) is 0 Å². The number of hydrogen-bond acceptors (Lipinski definition) is 1. The van der Waals surface area contributed by atoms with Gasteiger partial charge >= 0.3 is 0 Å². The first kappa shape index (κ1) is 30.6. The Kier molecular flexibility index (Phi) is 14.0. The lowest BCUT2D eigenvalue weighted by atomic mass is 9.85. The van der Waals surface area contributed by atoms with Gasteiger partial charge < -0.3 is 4.74 Å². The van der Waals surface area contributed by atoms with Crippen LogP contribution in [-0.4, -0.2) is 14.9 Å². The molecule has 1 nitrogen and oxygen atoms in total. The highest BCUT2D eigenvalue weighted by Gasteiger charge is 2.32. The number of benzene rings is 1. The molecule has 1 atom stereocenters. The normalized spacial score (nSPS) is 25.2. The van der Waals surface area contributed by atoms with Gasteiger partial charge in [0, 0.05) is 8.80 Å². The summed E-state index contributed by atoms with van der Waals surface area (Å²) in [4.78, 5) is 0. The maximum atomic E-state index is 14.9. The average molecular weight is 535 g/mol. The highest BCUT2D eigenvalue weighted by Crippen LogP contribution is 2.44. The van der Waals surface area contributed by atoms with Crippen molar-refractivity contribution in [3.63, 3.8) is 0 Å². The summed E-state index contributed by atoms with van der Waals surface area (Å²) in [6.07, 6.45) is 23.2. The third kappa shape index (κ3) is 10.3. The molecule has 3 rings (SSSR count). The van der Waals surface area contributed by atoms with E-state index in [9.17, 15) is 8.78 Å². The van der Waals surface area contributed by atoms with E-state index in [1.807, 2.05) is 6.92 Å². The average Bonchev–Trinajstić information content (AvgIpc) is 2.91. The Labute approximate surface area is 229 Å². The minimum absolute atomic E-state index is 0.158. The van der Waals surface area contributed by atoms with Crippen molar-refractivity contribution in [2.75, 3.05) is 0 Å². The van der Waals surface area contributed by atoms with Crippen molar-refractivity contribution in [1.29, 1.82) is 0 Å². The Hall–Kier alpha value is -0.903. The topological polar surface area (TPSA) is 9.23 Å². The molecule has 1 saturated carbocycles. The zero-order valence-corrected chi connectivity index (χ0v) is 25.5. The molecule has 2 aliphatic rings. The fourth-order valence-corrected chi connectivity index (χ4v) is 11.4. The third-order valence-electron chi connectivity index (χ3n) is 9.57. The molecule has 1 heterocycles. The van der Waals surface area contributed by atoms with Crippen LogP contribution in [0, 0.1) is 17.6 Å². The molecule has 37 heavy (non-hydrogen) atoms. The van der Waals surface area contributed by atoms with E-state index >= 15 is 0 Å². The Morgan fingerprint density at radius 1 is 0.784 bits per heavy atom. The summed E-state index contributed by atoms with van der Waals surface area (Å²) in [5.74, 6) is 0.103. The van der Waals surface area contributed by atoms with E-state index in [-0.39, 0.29) is 11.9 Å². The fraction of sp³-hybridized carbons (Fsp3) is 0.818. The summed E-state index contributed by atoms with van der Waals surface area (Å²) in [5.41, 5.74) is 1.87. The van der Waals surface area contributed by atoms with Crippen molar-refractivity contribution in [3.05, 3.63) is 29.3 Å². The molecule has 0 radical (unpaired) electrons. The standard InChI is InChI=1S/C33H56F2OSi/c1-4-6-8-10-12-14-26(3)36-33-31(34)24-29(25-32(33)35)28-20-22-37(23-21-28)30-18-16-27(17-19-30)15-13-11-9-7-5-2/h24-28,30,37H,4-23H2,1-3H3/t26-,27?,28?,30?,37?/m1/s1. The zero-order valence-electron chi connectivity index (χ0n) is 24.3. The predicted octanol–water partition coefficient (Wildman–Crippen LogP) is 11.1. The van der Waals surface area contributed by atoms with E-state index in [1.54, 1.807) is 12.1 Å². The fourth-order valence-electron chi connectivity index (χ4n) is 7.13. The van der Waals surface area contributed by atoms with Gasteiger partial charge in [-0.15, -0.1) is 0 Å². The SMILES string of the molecule is CCCCCCCC1CCC([SiH]2CCC(c3cc(F)c(O[C@H](C)CCCCCCC)c(F)c3)CC2)CC1. The van der Waals surface area contributed by atoms with Crippen LogP contribution in [-0.2, 0) is 0 Å². The molecule has 1 aromatic carbocycles. The molecule has 1 aromatic rings. The molecule has 0 N–H and O–H groups in total. The van der Waals surface area contributed by atoms with E-state index in [0.717, 1.165) is 49.1 Å². The largest absolute Gasteiger partial charge is 0.485 e. The highest BCUT2D eigenvalue weighted by molar-refractivity contribution is 6.60. The quantitative estimate of drug-likeness (QED) is 0.151. The molecule has 0 aromatic heterocycles. The van der Waals surface area contributed by atoms with Crippen LogP contribution in [0.25, 0.3) is 0 Å². The Bertz CT molecular complexity index is 730. The van der Waals surface area contributed by atoms with Crippen LogP contribution >= 0.6 is 0 Å². The van der Waals surface area contributed by atoms with Gasteiger partial charge in [0.2, 0.25) is 0 Å². The van der Waals surface area contributed by atoms with E-state index in [2.05, 4.69) is 13.8 Å². The minimum atomic E-state index is -0.725. The summed E-state index contributed by atoms with van der Waals surface area (Å²) in [5, 5.41) is 0. The van der Waals surface area contributed by atoms with Gasteiger partial charge in [-0.1, -0.05) is 116 Å². The van der Waals surface area contributed by atoms with E-state index in [1.165, 1.54) is 95.6 Å². The second-order valence-electron chi connectivity index (χ2n) is 12.5. The van der Waals surface area contributed by atoms with Gasteiger partial charge in [-0.25, -0.2) is 8.78 Å². The second kappa shape index (κ2) is 16.9. The summed E-state index contributed by atoms with van der Waals surface area (Å²) in [6.45, 7) is 6.43. The molecule has 0 spiro atoms. The Balaban J connectivity index is 1.39. The van der Waals surface area contributed by atoms with Gasteiger partial charge in [0.1, 0.15) is 0 Å². The molecule has 2 fully saturated rings. The Morgan fingerprint density at radius 3 is 1.95 bits per heavy atom. The molecule has 212 valence electrons. The van der Waals surface area contributed by atoms with E-state index in [4.69, 9.17) is 4.74 Å². The summed E-state index contributed by atoms with van der Waals surface area (Å²) >= 11 is 0. The van der Waals surface area contributed by atoms with Crippen LogP contribution < -0.4 is 4.74 Å². The van der Waals surface area contributed by atoms with Crippen molar-refractivity contribution >= 4 is 8.80 Å². The number of rotatable bonds is 16.